The molecule has 2 aromatic carbocycles. The molecule has 0 aliphatic carbocycles. The molecule has 0 saturated heterocycles. The van der Waals surface area contributed by atoms with E-state index in [0.29, 0.717) is 10.6 Å². The van der Waals surface area contributed by atoms with E-state index in [1.807, 2.05) is 32.0 Å². The van der Waals surface area contributed by atoms with Gasteiger partial charge in [0.1, 0.15) is 0 Å². The third kappa shape index (κ3) is 2.71. The molecule has 0 spiro atoms. The standard InChI is InChI=1S/C15H14ClNO/c1-10-4-3-5-14(11(10)2)15(18)17-13-8-6-12(16)7-9-13/h3-9H,1-2H3,(H,17,18). The number of aryl methyl sites for hydroxylation is 1. The molecular weight excluding hydrogens is 246 g/mol. The lowest BCUT2D eigenvalue weighted by molar-refractivity contribution is 0.102. The summed E-state index contributed by atoms with van der Waals surface area (Å²) in [6.45, 7) is 3.94. The molecular formula is C15H14ClNO. The van der Waals surface area contributed by atoms with Crippen molar-refractivity contribution < 1.29 is 4.79 Å². The van der Waals surface area contributed by atoms with E-state index in [1.54, 1.807) is 24.3 Å². The molecule has 92 valence electrons. The Morgan fingerprint density at radius 2 is 1.72 bits per heavy atom. The zero-order chi connectivity index (χ0) is 13.1. The summed E-state index contributed by atoms with van der Waals surface area (Å²) in [6, 6.07) is 12.8. The highest BCUT2D eigenvalue weighted by atomic mass is 35.5. The van der Waals surface area contributed by atoms with E-state index in [2.05, 4.69) is 5.32 Å². The Morgan fingerprint density at radius 1 is 1.06 bits per heavy atom. The van der Waals surface area contributed by atoms with E-state index in [-0.39, 0.29) is 5.91 Å². The van der Waals surface area contributed by atoms with E-state index in [4.69, 9.17) is 11.6 Å². The molecule has 0 unspecified atom stereocenters. The molecule has 0 atom stereocenters. The lowest BCUT2D eigenvalue weighted by Gasteiger charge is -2.09. The van der Waals surface area contributed by atoms with Crippen molar-refractivity contribution in [2.45, 2.75) is 13.8 Å². The van der Waals surface area contributed by atoms with Gasteiger partial charge < -0.3 is 5.32 Å². The van der Waals surface area contributed by atoms with Crippen molar-refractivity contribution in [3.05, 3.63) is 64.2 Å². The van der Waals surface area contributed by atoms with Crippen LogP contribution in [0.15, 0.2) is 42.5 Å². The van der Waals surface area contributed by atoms with Gasteiger partial charge in [0.25, 0.3) is 5.91 Å². The number of benzene rings is 2. The molecule has 1 amide bonds. The third-order valence-electron chi connectivity index (χ3n) is 2.95. The Hall–Kier alpha value is -1.80. The molecule has 2 rings (SSSR count). The minimum absolute atomic E-state index is 0.0986. The predicted molar refractivity (Wildman–Crippen MR) is 75.3 cm³/mol. The molecule has 0 radical (unpaired) electrons. The van der Waals surface area contributed by atoms with Crippen LogP contribution in [0.1, 0.15) is 21.5 Å². The Kier molecular flexibility index (Phi) is 3.68. The largest absolute Gasteiger partial charge is 0.322 e. The predicted octanol–water partition coefficient (Wildman–Crippen LogP) is 4.21. The zero-order valence-electron chi connectivity index (χ0n) is 10.3. The van der Waals surface area contributed by atoms with Gasteiger partial charge in [-0.25, -0.2) is 0 Å². The Bertz CT molecular complexity index is 576. The summed E-state index contributed by atoms with van der Waals surface area (Å²) in [5.74, 6) is -0.0986. The van der Waals surface area contributed by atoms with Crippen LogP contribution in [0.3, 0.4) is 0 Å². The smallest absolute Gasteiger partial charge is 0.255 e. The normalized spacial score (nSPS) is 10.2. The number of nitrogens with one attached hydrogen (secondary N) is 1. The number of hydrogen-bond donors (Lipinski definition) is 1. The molecule has 0 aliphatic heterocycles. The van der Waals surface area contributed by atoms with Crippen LogP contribution >= 0.6 is 11.6 Å². The summed E-state index contributed by atoms with van der Waals surface area (Å²) < 4.78 is 0. The molecule has 0 saturated carbocycles. The first-order valence-corrected chi connectivity index (χ1v) is 6.09. The van der Waals surface area contributed by atoms with Gasteiger partial charge in [0, 0.05) is 16.3 Å². The van der Waals surface area contributed by atoms with Gasteiger partial charge in [-0.15, -0.1) is 0 Å². The van der Waals surface area contributed by atoms with Crippen LogP contribution in [0.25, 0.3) is 0 Å². The Morgan fingerprint density at radius 3 is 2.39 bits per heavy atom. The summed E-state index contributed by atoms with van der Waals surface area (Å²) in [4.78, 5) is 12.1. The monoisotopic (exact) mass is 259 g/mol. The lowest BCUT2D eigenvalue weighted by atomic mass is 10.0. The van der Waals surface area contributed by atoms with Gasteiger partial charge in [0.15, 0.2) is 0 Å². The van der Waals surface area contributed by atoms with Crippen molar-refractivity contribution in [2.75, 3.05) is 5.32 Å². The third-order valence-corrected chi connectivity index (χ3v) is 3.20. The molecule has 3 heteroatoms. The Balaban J connectivity index is 2.22. The van der Waals surface area contributed by atoms with Gasteiger partial charge in [-0.05, 0) is 55.3 Å². The van der Waals surface area contributed by atoms with Crippen LogP contribution in [0.4, 0.5) is 5.69 Å². The molecule has 0 bridgehead atoms. The van der Waals surface area contributed by atoms with Crippen LogP contribution in [-0.4, -0.2) is 5.91 Å². The van der Waals surface area contributed by atoms with Crippen LogP contribution in [0.5, 0.6) is 0 Å². The summed E-state index contributed by atoms with van der Waals surface area (Å²) in [5.41, 5.74) is 3.55. The first kappa shape index (κ1) is 12.7. The molecule has 0 aliphatic rings. The molecule has 0 heterocycles. The number of carbonyl (C=O) groups is 1. The first-order chi connectivity index (χ1) is 8.58. The van der Waals surface area contributed by atoms with Gasteiger partial charge in [0.2, 0.25) is 0 Å². The lowest BCUT2D eigenvalue weighted by Crippen LogP contribution is -2.13. The van der Waals surface area contributed by atoms with Crippen LogP contribution in [-0.2, 0) is 0 Å². The van der Waals surface area contributed by atoms with E-state index < -0.39 is 0 Å². The molecule has 2 aromatic rings. The molecule has 2 nitrogen and oxygen atoms in total. The van der Waals surface area contributed by atoms with Crippen molar-refractivity contribution in [1.82, 2.24) is 0 Å². The molecule has 0 fully saturated rings. The van der Waals surface area contributed by atoms with Gasteiger partial charge in [-0.2, -0.15) is 0 Å². The number of carbonyl (C=O) groups excluding carboxylic acids is 1. The van der Waals surface area contributed by atoms with E-state index in [1.165, 1.54) is 0 Å². The van der Waals surface area contributed by atoms with Gasteiger partial charge in [-0.3, -0.25) is 4.79 Å². The zero-order valence-corrected chi connectivity index (χ0v) is 11.1. The molecule has 1 N–H and O–H groups in total. The molecule has 0 aromatic heterocycles. The number of halogens is 1. The van der Waals surface area contributed by atoms with Crippen molar-refractivity contribution in [2.24, 2.45) is 0 Å². The van der Waals surface area contributed by atoms with Crippen molar-refractivity contribution in [1.29, 1.82) is 0 Å². The van der Waals surface area contributed by atoms with Crippen LogP contribution < -0.4 is 5.32 Å². The van der Waals surface area contributed by atoms with Gasteiger partial charge in [0.05, 0.1) is 0 Å². The summed E-state index contributed by atoms with van der Waals surface area (Å²) in [7, 11) is 0. The summed E-state index contributed by atoms with van der Waals surface area (Å²) in [5, 5.41) is 3.51. The number of rotatable bonds is 2. The average molecular weight is 260 g/mol. The average Bonchev–Trinajstić information content (AvgIpc) is 2.35. The van der Waals surface area contributed by atoms with Crippen LogP contribution in [0.2, 0.25) is 5.02 Å². The summed E-state index contributed by atoms with van der Waals surface area (Å²) in [6.07, 6.45) is 0. The van der Waals surface area contributed by atoms with E-state index >= 15 is 0 Å². The highest BCUT2D eigenvalue weighted by Gasteiger charge is 2.10. The second-order valence-electron chi connectivity index (χ2n) is 4.21. The fraction of sp³-hybridized carbons (Fsp3) is 0.133. The van der Waals surface area contributed by atoms with Gasteiger partial charge in [-0.1, -0.05) is 23.7 Å². The second-order valence-corrected chi connectivity index (χ2v) is 4.64. The minimum Gasteiger partial charge on any atom is -0.322 e. The highest BCUT2D eigenvalue weighted by Crippen LogP contribution is 2.17. The maximum Gasteiger partial charge on any atom is 0.255 e. The molecule has 18 heavy (non-hydrogen) atoms. The maximum absolute atomic E-state index is 12.1. The first-order valence-electron chi connectivity index (χ1n) is 5.71. The quantitative estimate of drug-likeness (QED) is 0.860. The SMILES string of the molecule is Cc1cccc(C(=O)Nc2ccc(Cl)cc2)c1C. The number of hydrogen-bond acceptors (Lipinski definition) is 1. The van der Waals surface area contributed by atoms with E-state index in [0.717, 1.165) is 16.8 Å². The van der Waals surface area contributed by atoms with Crippen LogP contribution in [0, 0.1) is 13.8 Å². The number of anilines is 1. The van der Waals surface area contributed by atoms with E-state index in [9.17, 15) is 4.79 Å². The van der Waals surface area contributed by atoms with Crippen molar-refractivity contribution in [3.63, 3.8) is 0 Å². The highest BCUT2D eigenvalue weighted by molar-refractivity contribution is 6.30. The van der Waals surface area contributed by atoms with Crippen molar-refractivity contribution in [3.8, 4) is 0 Å². The number of amides is 1. The Labute approximate surface area is 112 Å². The summed E-state index contributed by atoms with van der Waals surface area (Å²) >= 11 is 5.80. The maximum atomic E-state index is 12.1. The fourth-order valence-corrected chi connectivity index (χ4v) is 1.85. The van der Waals surface area contributed by atoms with Crippen molar-refractivity contribution >= 4 is 23.2 Å². The van der Waals surface area contributed by atoms with Gasteiger partial charge >= 0.3 is 0 Å². The topological polar surface area (TPSA) is 29.1 Å². The second kappa shape index (κ2) is 5.23. The minimum atomic E-state index is -0.0986. The fourth-order valence-electron chi connectivity index (χ4n) is 1.73.